The van der Waals surface area contributed by atoms with E-state index in [-0.39, 0.29) is 11.9 Å². The van der Waals surface area contributed by atoms with Gasteiger partial charge in [0.1, 0.15) is 0 Å². The molecular formula is C17H18N4OS. The van der Waals surface area contributed by atoms with E-state index in [0.717, 1.165) is 31.4 Å². The molecular weight excluding hydrogens is 308 g/mol. The molecule has 0 bridgehead atoms. The lowest BCUT2D eigenvalue weighted by molar-refractivity contribution is 0.0969. The minimum atomic E-state index is -0.224. The summed E-state index contributed by atoms with van der Waals surface area (Å²) in [5.41, 5.74) is 1.63. The Hall–Kier alpha value is -2.34. The maximum atomic E-state index is 12.3. The van der Waals surface area contributed by atoms with Crippen molar-refractivity contribution in [2.75, 3.05) is 6.54 Å². The summed E-state index contributed by atoms with van der Waals surface area (Å²) in [5.74, 6) is -0.224. The van der Waals surface area contributed by atoms with Crippen LogP contribution < -0.4 is 5.32 Å². The molecule has 118 valence electrons. The highest BCUT2D eigenvalue weighted by Gasteiger charge is 2.27. The fourth-order valence-corrected chi connectivity index (χ4v) is 3.14. The number of nitrogens with zero attached hydrogens (tertiary/aromatic N) is 3. The van der Waals surface area contributed by atoms with Gasteiger partial charge in [0.15, 0.2) is 5.11 Å². The van der Waals surface area contributed by atoms with Crippen LogP contribution >= 0.6 is 12.2 Å². The maximum Gasteiger partial charge on any atom is 0.258 e. The van der Waals surface area contributed by atoms with Crippen molar-refractivity contribution in [3.63, 3.8) is 0 Å². The van der Waals surface area contributed by atoms with Crippen LogP contribution in [0.5, 0.6) is 0 Å². The lowest BCUT2D eigenvalue weighted by atomic mass is 9.97. The van der Waals surface area contributed by atoms with Gasteiger partial charge in [0.2, 0.25) is 0 Å². The minimum absolute atomic E-state index is 0.166. The zero-order valence-electron chi connectivity index (χ0n) is 12.7. The van der Waals surface area contributed by atoms with Gasteiger partial charge < -0.3 is 4.90 Å². The second kappa shape index (κ2) is 7.28. The summed E-state index contributed by atoms with van der Waals surface area (Å²) >= 11 is 5.48. The molecule has 1 amide bonds. The molecule has 6 heteroatoms. The highest BCUT2D eigenvalue weighted by Crippen LogP contribution is 2.30. The zero-order chi connectivity index (χ0) is 16.1. The molecule has 0 unspecified atom stereocenters. The number of aromatic nitrogens is 2. The van der Waals surface area contributed by atoms with E-state index in [1.165, 1.54) is 6.20 Å². The van der Waals surface area contributed by atoms with Gasteiger partial charge in [-0.2, -0.15) is 0 Å². The summed E-state index contributed by atoms with van der Waals surface area (Å²) in [6, 6.07) is 7.61. The molecule has 0 radical (unpaired) electrons. The predicted octanol–water partition coefficient (Wildman–Crippen LogP) is 2.72. The van der Waals surface area contributed by atoms with Crippen LogP contribution in [0.3, 0.4) is 0 Å². The monoisotopic (exact) mass is 326 g/mol. The van der Waals surface area contributed by atoms with Gasteiger partial charge in [0, 0.05) is 31.3 Å². The van der Waals surface area contributed by atoms with Gasteiger partial charge in [-0.15, -0.1) is 0 Å². The molecule has 0 aromatic carbocycles. The third kappa shape index (κ3) is 3.71. The number of carbonyl (C=O) groups is 1. The van der Waals surface area contributed by atoms with E-state index in [9.17, 15) is 4.79 Å². The number of thiocarbonyl (C=S) groups is 1. The van der Waals surface area contributed by atoms with E-state index in [4.69, 9.17) is 12.2 Å². The second-order valence-electron chi connectivity index (χ2n) is 5.49. The van der Waals surface area contributed by atoms with Crippen LogP contribution in [0.1, 0.15) is 41.2 Å². The number of rotatable bonds is 2. The van der Waals surface area contributed by atoms with Gasteiger partial charge in [0.05, 0.1) is 11.6 Å². The fourth-order valence-electron chi connectivity index (χ4n) is 2.83. The van der Waals surface area contributed by atoms with Crippen molar-refractivity contribution in [3.8, 4) is 0 Å². The highest BCUT2D eigenvalue weighted by molar-refractivity contribution is 7.80. The molecule has 2 aromatic heterocycles. The quantitative estimate of drug-likeness (QED) is 0.860. The van der Waals surface area contributed by atoms with Crippen molar-refractivity contribution in [1.82, 2.24) is 20.2 Å². The van der Waals surface area contributed by atoms with Crippen LogP contribution in [0.15, 0.2) is 49.1 Å². The first kappa shape index (κ1) is 15.6. The number of nitrogens with one attached hydrogen (secondary N) is 1. The van der Waals surface area contributed by atoms with Crippen LogP contribution in [-0.4, -0.2) is 32.4 Å². The number of amides is 1. The predicted molar refractivity (Wildman–Crippen MR) is 91.8 cm³/mol. The number of carbonyl (C=O) groups excluding carboxylic acids is 1. The molecule has 5 nitrogen and oxygen atoms in total. The second-order valence-corrected chi connectivity index (χ2v) is 5.88. The summed E-state index contributed by atoms with van der Waals surface area (Å²) in [6.07, 6.45) is 10.0. The molecule has 1 N–H and O–H groups in total. The Kier molecular flexibility index (Phi) is 4.92. The molecule has 1 aliphatic rings. The maximum absolute atomic E-state index is 12.3. The van der Waals surface area contributed by atoms with Gasteiger partial charge in [-0.1, -0.05) is 6.07 Å². The lowest BCUT2D eigenvalue weighted by Gasteiger charge is -2.37. The first-order valence-corrected chi connectivity index (χ1v) is 8.08. The van der Waals surface area contributed by atoms with E-state index in [1.807, 2.05) is 12.3 Å². The Morgan fingerprint density at radius 2 is 1.96 bits per heavy atom. The molecule has 1 atom stereocenters. The lowest BCUT2D eigenvalue weighted by Crippen LogP contribution is -2.46. The van der Waals surface area contributed by atoms with E-state index in [0.29, 0.717) is 10.7 Å². The van der Waals surface area contributed by atoms with E-state index in [1.54, 1.807) is 24.5 Å². The fraction of sp³-hybridized carbons (Fsp3) is 0.294. The third-order valence-electron chi connectivity index (χ3n) is 3.98. The van der Waals surface area contributed by atoms with Gasteiger partial charge >= 0.3 is 0 Å². The van der Waals surface area contributed by atoms with Crippen molar-refractivity contribution >= 4 is 23.2 Å². The number of likely N-dealkylation sites (tertiary alicyclic amines) is 1. The zero-order valence-corrected chi connectivity index (χ0v) is 13.5. The Balaban J connectivity index is 1.73. The molecule has 1 fully saturated rings. The van der Waals surface area contributed by atoms with Crippen LogP contribution in [-0.2, 0) is 0 Å². The van der Waals surface area contributed by atoms with Gasteiger partial charge in [-0.05, 0) is 55.2 Å². The molecule has 2 aromatic rings. The van der Waals surface area contributed by atoms with Crippen molar-refractivity contribution in [1.29, 1.82) is 0 Å². The van der Waals surface area contributed by atoms with E-state index < -0.39 is 0 Å². The standard InChI is InChI=1S/C17H18N4OS/c22-16(14-6-4-9-19-12-14)20-17(23)21-10-2-1-7-15(21)13-5-3-8-18-11-13/h3-6,8-9,11-12,15H,1-2,7,10H2,(H,20,22,23)/t15-/m1/s1. The molecule has 3 rings (SSSR count). The van der Waals surface area contributed by atoms with E-state index in [2.05, 4.69) is 26.3 Å². The molecule has 23 heavy (non-hydrogen) atoms. The SMILES string of the molecule is O=C(NC(=S)N1CCCC[C@@H]1c1cccnc1)c1cccnc1. The Morgan fingerprint density at radius 1 is 1.17 bits per heavy atom. The number of hydrogen-bond donors (Lipinski definition) is 1. The van der Waals surface area contributed by atoms with Crippen molar-refractivity contribution in [2.45, 2.75) is 25.3 Å². The van der Waals surface area contributed by atoms with Crippen LogP contribution in [0.4, 0.5) is 0 Å². The number of hydrogen-bond acceptors (Lipinski definition) is 4. The van der Waals surface area contributed by atoms with Crippen LogP contribution in [0.2, 0.25) is 0 Å². The smallest absolute Gasteiger partial charge is 0.258 e. The van der Waals surface area contributed by atoms with Crippen molar-refractivity contribution in [3.05, 3.63) is 60.2 Å². The largest absolute Gasteiger partial charge is 0.342 e. The number of pyridine rings is 2. The minimum Gasteiger partial charge on any atom is -0.342 e. The summed E-state index contributed by atoms with van der Waals surface area (Å²) in [5, 5.41) is 3.29. The summed E-state index contributed by atoms with van der Waals surface area (Å²) in [4.78, 5) is 22.5. The first-order chi connectivity index (χ1) is 11.3. The topological polar surface area (TPSA) is 58.1 Å². The van der Waals surface area contributed by atoms with Crippen LogP contribution in [0, 0.1) is 0 Å². The van der Waals surface area contributed by atoms with Crippen molar-refractivity contribution in [2.24, 2.45) is 0 Å². The van der Waals surface area contributed by atoms with Gasteiger partial charge in [-0.25, -0.2) is 0 Å². The van der Waals surface area contributed by atoms with Crippen molar-refractivity contribution < 1.29 is 4.79 Å². The Morgan fingerprint density at radius 3 is 2.65 bits per heavy atom. The molecule has 0 aliphatic carbocycles. The molecule has 0 saturated carbocycles. The Bertz CT molecular complexity index is 678. The highest BCUT2D eigenvalue weighted by atomic mass is 32.1. The summed E-state index contributed by atoms with van der Waals surface area (Å²) in [6.45, 7) is 0.839. The summed E-state index contributed by atoms with van der Waals surface area (Å²) < 4.78 is 0. The first-order valence-electron chi connectivity index (χ1n) is 7.67. The normalized spacial score (nSPS) is 17.6. The average molecular weight is 326 g/mol. The third-order valence-corrected chi connectivity index (χ3v) is 4.31. The van der Waals surface area contributed by atoms with Gasteiger partial charge in [0.25, 0.3) is 5.91 Å². The Labute approximate surface area is 140 Å². The average Bonchev–Trinajstić information content (AvgIpc) is 2.63. The number of piperidine rings is 1. The van der Waals surface area contributed by atoms with Gasteiger partial charge in [-0.3, -0.25) is 20.1 Å². The van der Waals surface area contributed by atoms with Crippen LogP contribution in [0.25, 0.3) is 0 Å². The molecule has 3 heterocycles. The molecule has 1 aliphatic heterocycles. The molecule has 0 spiro atoms. The molecule has 1 saturated heterocycles. The summed E-state index contributed by atoms with van der Waals surface area (Å²) in [7, 11) is 0. The van der Waals surface area contributed by atoms with E-state index >= 15 is 0 Å².